The third kappa shape index (κ3) is 3.29. The van der Waals surface area contributed by atoms with Crippen LogP contribution in [0, 0.1) is 6.92 Å². The van der Waals surface area contributed by atoms with E-state index in [0.717, 1.165) is 12.1 Å². The van der Waals surface area contributed by atoms with Crippen LogP contribution in [0.1, 0.15) is 53.3 Å². The Labute approximate surface area is 146 Å². The van der Waals surface area contributed by atoms with Gasteiger partial charge < -0.3 is 14.7 Å². The van der Waals surface area contributed by atoms with Crippen LogP contribution in [-0.4, -0.2) is 45.2 Å². The number of hydrogen-bond donors (Lipinski definition) is 1. The summed E-state index contributed by atoms with van der Waals surface area (Å²) < 4.78 is 7.17. The van der Waals surface area contributed by atoms with Crippen LogP contribution < -0.4 is 5.32 Å². The molecule has 2 aromatic rings. The number of fused-ring (bicyclic) bond motifs is 1. The average molecular weight is 345 g/mol. The van der Waals surface area contributed by atoms with Crippen molar-refractivity contribution < 1.29 is 14.1 Å². The summed E-state index contributed by atoms with van der Waals surface area (Å²) >= 11 is 0. The highest BCUT2D eigenvalue weighted by Gasteiger charge is 2.33. The monoisotopic (exact) mass is 345 g/mol. The van der Waals surface area contributed by atoms with Crippen LogP contribution in [0.25, 0.3) is 0 Å². The molecule has 0 aliphatic carbocycles. The Kier molecular flexibility index (Phi) is 4.87. The summed E-state index contributed by atoms with van der Waals surface area (Å²) in [4.78, 5) is 26.7. The molecule has 0 aromatic carbocycles. The first-order valence-electron chi connectivity index (χ1n) is 8.52. The molecule has 0 spiro atoms. The first-order chi connectivity index (χ1) is 12.0. The van der Waals surface area contributed by atoms with Gasteiger partial charge in [0.15, 0.2) is 0 Å². The van der Waals surface area contributed by atoms with Crippen molar-refractivity contribution in [3.05, 3.63) is 35.0 Å². The molecule has 25 heavy (non-hydrogen) atoms. The van der Waals surface area contributed by atoms with Crippen molar-refractivity contribution in [1.29, 1.82) is 0 Å². The van der Waals surface area contributed by atoms with E-state index in [1.54, 1.807) is 25.1 Å². The Morgan fingerprint density at radius 1 is 1.44 bits per heavy atom. The molecule has 1 unspecified atom stereocenters. The van der Waals surface area contributed by atoms with Crippen LogP contribution in [0.2, 0.25) is 0 Å². The lowest BCUT2D eigenvalue weighted by molar-refractivity contribution is -0.121. The third-order valence-electron chi connectivity index (χ3n) is 4.49. The molecule has 1 N–H and O–H groups in total. The zero-order valence-electron chi connectivity index (χ0n) is 14.8. The summed E-state index contributed by atoms with van der Waals surface area (Å²) in [6.07, 6.45) is 3.53. The van der Waals surface area contributed by atoms with E-state index in [9.17, 15) is 9.59 Å². The minimum atomic E-state index is -0.183. The second-order valence-electron chi connectivity index (χ2n) is 6.30. The van der Waals surface area contributed by atoms with Gasteiger partial charge in [0.1, 0.15) is 11.3 Å². The Morgan fingerprint density at radius 3 is 2.96 bits per heavy atom. The summed E-state index contributed by atoms with van der Waals surface area (Å²) in [6.45, 7) is 4.70. The van der Waals surface area contributed by atoms with Gasteiger partial charge in [0.25, 0.3) is 5.91 Å². The van der Waals surface area contributed by atoms with Gasteiger partial charge >= 0.3 is 0 Å². The number of carbonyl (C=O) groups excluding carboxylic acids is 2. The van der Waals surface area contributed by atoms with E-state index in [0.29, 0.717) is 36.5 Å². The zero-order chi connectivity index (χ0) is 18.0. The van der Waals surface area contributed by atoms with Crippen LogP contribution in [0.5, 0.6) is 0 Å². The molecule has 2 aromatic heterocycles. The molecule has 3 rings (SSSR count). The first kappa shape index (κ1) is 17.2. The van der Waals surface area contributed by atoms with E-state index in [1.807, 2.05) is 17.7 Å². The van der Waals surface area contributed by atoms with Crippen molar-refractivity contribution in [3.8, 4) is 0 Å². The van der Waals surface area contributed by atoms with Crippen LogP contribution >= 0.6 is 0 Å². The van der Waals surface area contributed by atoms with Crippen LogP contribution in [0.4, 0.5) is 0 Å². The van der Waals surface area contributed by atoms with Crippen LogP contribution in [-0.2, 0) is 17.8 Å². The normalized spacial score (nSPS) is 16.6. The minimum absolute atomic E-state index is 0.0754. The number of aromatic nitrogens is 3. The second kappa shape index (κ2) is 7.08. The van der Waals surface area contributed by atoms with Gasteiger partial charge in [-0.15, -0.1) is 0 Å². The van der Waals surface area contributed by atoms with E-state index in [4.69, 9.17) is 4.52 Å². The molecule has 0 saturated carbocycles. The molecular weight excluding hydrogens is 322 g/mol. The molecule has 1 aliphatic rings. The van der Waals surface area contributed by atoms with Crippen molar-refractivity contribution in [1.82, 2.24) is 25.2 Å². The van der Waals surface area contributed by atoms with E-state index in [1.165, 1.54) is 0 Å². The fraction of sp³-hybridized carbons (Fsp3) is 0.529. The molecule has 8 heteroatoms. The van der Waals surface area contributed by atoms with Gasteiger partial charge in [-0.1, -0.05) is 12.1 Å². The van der Waals surface area contributed by atoms with Crippen molar-refractivity contribution >= 4 is 11.8 Å². The fourth-order valence-electron chi connectivity index (χ4n) is 3.26. The maximum atomic E-state index is 13.1. The zero-order valence-corrected chi connectivity index (χ0v) is 14.8. The topological polar surface area (TPSA) is 93.3 Å². The summed E-state index contributed by atoms with van der Waals surface area (Å²) in [5.74, 6) is 0.456. The van der Waals surface area contributed by atoms with Crippen LogP contribution in [0.15, 0.2) is 16.8 Å². The summed E-state index contributed by atoms with van der Waals surface area (Å²) in [5.41, 5.74) is 2.07. The molecule has 1 aliphatic heterocycles. The van der Waals surface area contributed by atoms with E-state index >= 15 is 0 Å². The van der Waals surface area contributed by atoms with Gasteiger partial charge in [0.2, 0.25) is 5.91 Å². The van der Waals surface area contributed by atoms with Crippen LogP contribution in [0.3, 0.4) is 0 Å². The smallest absolute Gasteiger partial charge is 0.259 e. The SMILES string of the molecule is CCCc1onc(C)c1C(=O)N1Cc2ccnn2C(CC(=O)NC)C1. The molecule has 1 atom stereocenters. The third-order valence-corrected chi connectivity index (χ3v) is 4.49. The number of amides is 2. The summed E-state index contributed by atoms with van der Waals surface area (Å²) in [7, 11) is 1.61. The number of nitrogens with one attached hydrogen (secondary N) is 1. The van der Waals surface area contributed by atoms with Gasteiger partial charge in [-0.25, -0.2) is 0 Å². The number of carbonyl (C=O) groups is 2. The summed E-state index contributed by atoms with van der Waals surface area (Å²) in [6, 6.07) is 1.70. The maximum Gasteiger partial charge on any atom is 0.259 e. The van der Waals surface area contributed by atoms with Crippen molar-refractivity contribution in [2.75, 3.05) is 13.6 Å². The molecular formula is C17H23N5O3. The number of hydrogen-bond acceptors (Lipinski definition) is 5. The lowest BCUT2D eigenvalue weighted by Gasteiger charge is -2.33. The standard InChI is InChI=1S/C17H23N5O3/c1-4-5-14-16(11(2)20-25-14)17(24)21-9-12-6-7-19-22(12)13(10-21)8-15(23)18-3/h6-7,13H,4-5,8-10H2,1-3H3,(H,18,23). The van der Waals surface area contributed by atoms with Gasteiger partial charge in [0.05, 0.1) is 30.4 Å². The number of nitrogens with zero attached hydrogens (tertiary/aromatic N) is 4. The lowest BCUT2D eigenvalue weighted by Crippen LogP contribution is -2.43. The predicted molar refractivity (Wildman–Crippen MR) is 89.9 cm³/mol. The Bertz CT molecular complexity index is 779. The van der Waals surface area contributed by atoms with E-state index < -0.39 is 0 Å². The maximum absolute atomic E-state index is 13.1. The first-order valence-corrected chi connectivity index (χ1v) is 8.52. The van der Waals surface area contributed by atoms with Crippen molar-refractivity contribution in [2.45, 2.75) is 45.7 Å². The number of aryl methyl sites for hydroxylation is 2. The highest BCUT2D eigenvalue weighted by atomic mass is 16.5. The molecule has 2 amide bonds. The molecule has 0 saturated heterocycles. The molecule has 134 valence electrons. The molecule has 0 bridgehead atoms. The summed E-state index contributed by atoms with van der Waals surface area (Å²) in [5, 5.41) is 10.9. The molecule has 0 radical (unpaired) electrons. The largest absolute Gasteiger partial charge is 0.360 e. The highest BCUT2D eigenvalue weighted by molar-refractivity contribution is 5.96. The van der Waals surface area contributed by atoms with Crippen molar-refractivity contribution in [3.63, 3.8) is 0 Å². The van der Waals surface area contributed by atoms with Gasteiger partial charge in [-0.2, -0.15) is 5.10 Å². The van der Waals surface area contributed by atoms with Gasteiger partial charge in [0, 0.05) is 26.2 Å². The molecule has 3 heterocycles. The Hall–Kier alpha value is -2.64. The predicted octanol–water partition coefficient (Wildman–Crippen LogP) is 1.47. The highest BCUT2D eigenvalue weighted by Crippen LogP contribution is 2.26. The van der Waals surface area contributed by atoms with Crippen molar-refractivity contribution in [2.24, 2.45) is 0 Å². The fourth-order valence-corrected chi connectivity index (χ4v) is 3.26. The Balaban J connectivity index is 1.87. The Morgan fingerprint density at radius 2 is 2.24 bits per heavy atom. The second-order valence-corrected chi connectivity index (χ2v) is 6.30. The lowest BCUT2D eigenvalue weighted by atomic mass is 10.1. The molecule has 8 nitrogen and oxygen atoms in total. The van der Waals surface area contributed by atoms with Gasteiger partial charge in [-0.3, -0.25) is 14.3 Å². The minimum Gasteiger partial charge on any atom is -0.360 e. The van der Waals surface area contributed by atoms with E-state index in [2.05, 4.69) is 15.6 Å². The number of rotatable bonds is 5. The van der Waals surface area contributed by atoms with Gasteiger partial charge in [-0.05, 0) is 19.4 Å². The molecule has 0 fully saturated rings. The van der Waals surface area contributed by atoms with E-state index in [-0.39, 0.29) is 24.3 Å². The average Bonchev–Trinajstić information content (AvgIpc) is 3.21. The quantitative estimate of drug-likeness (QED) is 0.885.